The summed E-state index contributed by atoms with van der Waals surface area (Å²) in [5.41, 5.74) is 0.576. The summed E-state index contributed by atoms with van der Waals surface area (Å²) in [5, 5.41) is 12.0. The number of carboxylic acid groups (broad SMARTS) is 1. The van der Waals surface area contributed by atoms with Crippen molar-refractivity contribution >= 4 is 11.9 Å². The molecule has 1 saturated carbocycles. The number of amides is 1. The van der Waals surface area contributed by atoms with Crippen molar-refractivity contribution < 1.29 is 14.7 Å². The van der Waals surface area contributed by atoms with Gasteiger partial charge >= 0.3 is 5.97 Å². The van der Waals surface area contributed by atoms with E-state index < -0.39 is 11.9 Å². The van der Waals surface area contributed by atoms with Gasteiger partial charge in [-0.15, -0.1) is 0 Å². The second kappa shape index (κ2) is 5.67. The quantitative estimate of drug-likeness (QED) is 0.859. The first-order valence-corrected chi connectivity index (χ1v) is 6.27. The van der Waals surface area contributed by atoms with E-state index in [-0.39, 0.29) is 11.9 Å². The minimum absolute atomic E-state index is 0.186. The fourth-order valence-corrected chi connectivity index (χ4v) is 2.44. The summed E-state index contributed by atoms with van der Waals surface area (Å²) in [6.45, 7) is 0. The zero-order valence-corrected chi connectivity index (χ0v) is 10.1. The van der Waals surface area contributed by atoms with Gasteiger partial charge in [0.05, 0.1) is 5.92 Å². The average Bonchev–Trinajstić information content (AvgIpc) is 2.40. The first-order valence-electron chi connectivity index (χ1n) is 6.27. The van der Waals surface area contributed by atoms with Crippen molar-refractivity contribution in [2.24, 2.45) is 5.92 Å². The molecule has 4 heteroatoms. The molecule has 1 amide bonds. The lowest BCUT2D eigenvalue weighted by atomic mass is 9.84. The average molecular weight is 247 g/mol. The van der Waals surface area contributed by atoms with Crippen molar-refractivity contribution in [2.45, 2.75) is 31.7 Å². The number of nitrogens with one attached hydrogen (secondary N) is 1. The zero-order valence-electron chi connectivity index (χ0n) is 10.1. The number of hydrogen-bond donors (Lipinski definition) is 2. The highest BCUT2D eigenvalue weighted by atomic mass is 16.4. The summed E-state index contributed by atoms with van der Waals surface area (Å²) in [6.07, 6.45) is 3.29. The topological polar surface area (TPSA) is 66.4 Å². The Labute approximate surface area is 106 Å². The van der Waals surface area contributed by atoms with Gasteiger partial charge in [0, 0.05) is 11.6 Å². The SMILES string of the molecule is O=C(N[C@H]1CCCC[C@@H]1C(=O)O)c1ccccc1. The second-order valence-electron chi connectivity index (χ2n) is 4.68. The molecule has 0 heterocycles. The molecule has 1 aliphatic rings. The normalized spacial score (nSPS) is 23.3. The van der Waals surface area contributed by atoms with Crippen molar-refractivity contribution in [3.63, 3.8) is 0 Å². The van der Waals surface area contributed by atoms with Crippen LogP contribution in [0.5, 0.6) is 0 Å². The number of benzene rings is 1. The van der Waals surface area contributed by atoms with Crippen LogP contribution in [0.4, 0.5) is 0 Å². The smallest absolute Gasteiger partial charge is 0.308 e. The van der Waals surface area contributed by atoms with Crippen molar-refractivity contribution in [2.75, 3.05) is 0 Å². The van der Waals surface area contributed by atoms with Gasteiger partial charge in [-0.05, 0) is 25.0 Å². The number of hydrogen-bond acceptors (Lipinski definition) is 2. The molecule has 0 unspecified atom stereocenters. The molecular formula is C14H17NO3. The van der Waals surface area contributed by atoms with E-state index in [1.807, 2.05) is 6.07 Å². The predicted molar refractivity (Wildman–Crippen MR) is 67.3 cm³/mol. The molecule has 0 radical (unpaired) electrons. The number of aliphatic carboxylic acids is 1. The van der Waals surface area contributed by atoms with Crippen LogP contribution in [0.25, 0.3) is 0 Å². The van der Waals surface area contributed by atoms with Gasteiger partial charge in [0.1, 0.15) is 0 Å². The number of rotatable bonds is 3. The molecule has 2 N–H and O–H groups in total. The molecule has 0 saturated heterocycles. The first-order chi connectivity index (χ1) is 8.68. The fourth-order valence-electron chi connectivity index (χ4n) is 2.44. The molecule has 4 nitrogen and oxygen atoms in total. The maximum Gasteiger partial charge on any atom is 0.308 e. The first kappa shape index (κ1) is 12.6. The Kier molecular flexibility index (Phi) is 3.97. The number of carboxylic acids is 1. The van der Waals surface area contributed by atoms with Crippen LogP contribution in [-0.4, -0.2) is 23.0 Å². The maximum absolute atomic E-state index is 12.0. The van der Waals surface area contributed by atoms with Crippen LogP contribution in [0, 0.1) is 5.92 Å². The molecule has 2 rings (SSSR count). The summed E-state index contributed by atoms with van der Waals surface area (Å²) in [5.74, 6) is -1.45. The van der Waals surface area contributed by atoms with Crippen molar-refractivity contribution in [3.05, 3.63) is 35.9 Å². The van der Waals surface area contributed by atoms with E-state index in [4.69, 9.17) is 5.11 Å². The van der Waals surface area contributed by atoms with Gasteiger partial charge in [0.15, 0.2) is 0 Å². The third-order valence-electron chi connectivity index (χ3n) is 3.44. The van der Waals surface area contributed by atoms with Gasteiger partial charge in [-0.1, -0.05) is 31.0 Å². The third-order valence-corrected chi connectivity index (χ3v) is 3.44. The van der Waals surface area contributed by atoms with Crippen LogP contribution in [0.2, 0.25) is 0 Å². The summed E-state index contributed by atoms with van der Waals surface area (Å²) < 4.78 is 0. The van der Waals surface area contributed by atoms with Crippen LogP contribution < -0.4 is 5.32 Å². The molecule has 0 bridgehead atoms. The van der Waals surface area contributed by atoms with E-state index in [1.54, 1.807) is 24.3 Å². The number of carbonyl (C=O) groups excluding carboxylic acids is 1. The molecule has 1 aromatic carbocycles. The molecule has 0 aromatic heterocycles. The van der Waals surface area contributed by atoms with Crippen LogP contribution in [-0.2, 0) is 4.79 Å². The highest BCUT2D eigenvalue weighted by Crippen LogP contribution is 2.24. The molecule has 2 atom stereocenters. The van der Waals surface area contributed by atoms with E-state index in [1.165, 1.54) is 0 Å². The zero-order chi connectivity index (χ0) is 13.0. The summed E-state index contributed by atoms with van der Waals surface area (Å²) in [7, 11) is 0. The summed E-state index contributed by atoms with van der Waals surface area (Å²) in [4.78, 5) is 23.1. The Morgan fingerprint density at radius 2 is 1.78 bits per heavy atom. The molecule has 1 fully saturated rings. The van der Waals surface area contributed by atoms with Gasteiger partial charge in [-0.2, -0.15) is 0 Å². The van der Waals surface area contributed by atoms with E-state index >= 15 is 0 Å². The van der Waals surface area contributed by atoms with Crippen molar-refractivity contribution in [1.82, 2.24) is 5.32 Å². The molecule has 1 aliphatic carbocycles. The fraction of sp³-hybridized carbons (Fsp3) is 0.429. The van der Waals surface area contributed by atoms with Crippen molar-refractivity contribution in [1.29, 1.82) is 0 Å². The molecule has 1 aromatic rings. The molecule has 96 valence electrons. The lowest BCUT2D eigenvalue weighted by Gasteiger charge is -2.29. The molecule has 18 heavy (non-hydrogen) atoms. The Hall–Kier alpha value is -1.84. The Bertz CT molecular complexity index is 430. The predicted octanol–water partition coefficient (Wildman–Crippen LogP) is 2.06. The monoisotopic (exact) mass is 247 g/mol. The largest absolute Gasteiger partial charge is 0.481 e. The lowest BCUT2D eigenvalue weighted by Crippen LogP contribution is -2.45. The van der Waals surface area contributed by atoms with E-state index in [9.17, 15) is 9.59 Å². The standard InChI is InChI=1S/C14H17NO3/c16-13(10-6-2-1-3-7-10)15-12-9-5-4-8-11(12)14(17)18/h1-3,6-7,11-12H,4-5,8-9H2,(H,15,16)(H,17,18)/t11-,12-/m0/s1. The maximum atomic E-state index is 12.0. The van der Waals surface area contributed by atoms with Gasteiger partial charge in [0.2, 0.25) is 0 Å². The summed E-state index contributed by atoms with van der Waals surface area (Å²) >= 11 is 0. The van der Waals surface area contributed by atoms with Crippen molar-refractivity contribution in [3.8, 4) is 0 Å². The highest BCUT2D eigenvalue weighted by Gasteiger charge is 2.31. The Morgan fingerprint density at radius 3 is 2.44 bits per heavy atom. The van der Waals surface area contributed by atoms with Crippen LogP contribution >= 0.6 is 0 Å². The lowest BCUT2D eigenvalue weighted by molar-refractivity contribution is -0.143. The molecule has 0 spiro atoms. The van der Waals surface area contributed by atoms with Gasteiger partial charge in [-0.3, -0.25) is 9.59 Å². The van der Waals surface area contributed by atoms with E-state index in [2.05, 4.69) is 5.32 Å². The molecule has 0 aliphatic heterocycles. The summed E-state index contributed by atoms with van der Waals surface area (Å²) in [6, 6.07) is 8.65. The van der Waals surface area contributed by atoms with Crippen LogP contribution in [0.1, 0.15) is 36.0 Å². The number of carbonyl (C=O) groups is 2. The van der Waals surface area contributed by atoms with E-state index in [0.717, 1.165) is 19.3 Å². The third kappa shape index (κ3) is 2.88. The highest BCUT2D eigenvalue weighted by molar-refractivity contribution is 5.94. The van der Waals surface area contributed by atoms with Gasteiger partial charge in [-0.25, -0.2) is 0 Å². The Balaban J connectivity index is 2.03. The van der Waals surface area contributed by atoms with E-state index in [0.29, 0.717) is 12.0 Å². The minimum Gasteiger partial charge on any atom is -0.481 e. The van der Waals surface area contributed by atoms with Gasteiger partial charge < -0.3 is 10.4 Å². The van der Waals surface area contributed by atoms with Crippen LogP contribution in [0.3, 0.4) is 0 Å². The minimum atomic E-state index is -0.812. The Morgan fingerprint density at radius 1 is 1.11 bits per heavy atom. The molecular weight excluding hydrogens is 230 g/mol. The van der Waals surface area contributed by atoms with Crippen LogP contribution in [0.15, 0.2) is 30.3 Å². The second-order valence-corrected chi connectivity index (χ2v) is 4.68. The van der Waals surface area contributed by atoms with Gasteiger partial charge in [0.25, 0.3) is 5.91 Å².